The number of hydrogen-bond acceptors (Lipinski definition) is 4. The summed E-state index contributed by atoms with van der Waals surface area (Å²) >= 11 is 6.84. The molecule has 4 aliphatic heterocycles. The summed E-state index contributed by atoms with van der Waals surface area (Å²) in [6.07, 6.45) is 11.9. The zero-order valence-electron chi connectivity index (χ0n) is 40.9. The monoisotopic (exact) mass is 1070 g/mol. The molecule has 4 heterocycles. The van der Waals surface area contributed by atoms with Crippen LogP contribution in [0, 0.1) is 6.92 Å². The van der Waals surface area contributed by atoms with Gasteiger partial charge in [-0.3, -0.25) is 19.2 Å². The zero-order valence-corrected chi connectivity index (χ0v) is 44.1. The normalized spacial score (nSPS) is 15.3. The predicted octanol–water partition coefficient (Wildman–Crippen LogP) is 13.5. The SMILES string of the molecule is C/C=C/c1ccc(/C=C/c2ccc(C3=C4C(=O)N(C)C(c5ccc(C)cc5)=C4C(=O)N3C)cc2)cc1.C=Cc1ccc(C=C)cc1.CN1C(=O)C2=C(c3ccc(Br)cc3)N(C)C(=O)C2=C1c1ccc(Br)cc1. The van der Waals surface area contributed by atoms with Crippen LogP contribution >= 0.6 is 31.9 Å². The number of benzene rings is 6. The van der Waals surface area contributed by atoms with Crippen molar-refractivity contribution in [3.05, 3.63) is 252 Å². The van der Waals surface area contributed by atoms with Gasteiger partial charge in [-0.05, 0) is 88.2 Å². The molecule has 10 heteroatoms. The van der Waals surface area contributed by atoms with E-state index in [9.17, 15) is 19.2 Å². The van der Waals surface area contributed by atoms with Gasteiger partial charge in [0, 0.05) is 37.1 Å². The molecule has 72 heavy (non-hydrogen) atoms. The maximum atomic E-state index is 13.3. The standard InChI is InChI=1S/C32H28N2O2.C20H14Br2N2O2.C10H10/c1-5-6-22-9-11-23(12-10-22)13-14-24-15-19-26(20-16-24)30-28-27(31(35)34(30)4)29(33(3)32(28)36)25-17-7-21(2)8-18-25;1-23-17(11-3-7-13(21)8-4-11)15-16(19(23)25)18(24(2)20(15)26)12-5-9-14(22)10-6-12;1-3-9-5-7-10(4-2)8-6-9/h5-20H,1-4H3;3-10H,1-2H3;3-8H,1-2H2/b6-5+,14-13+;;. The lowest BCUT2D eigenvalue weighted by molar-refractivity contribution is -0.123. The minimum Gasteiger partial charge on any atom is -0.310 e. The Morgan fingerprint density at radius 2 is 0.597 bits per heavy atom. The minimum absolute atomic E-state index is 0.154. The molecule has 4 amide bonds. The lowest BCUT2D eigenvalue weighted by atomic mass is 10.0. The lowest BCUT2D eigenvalue weighted by Gasteiger charge is -2.20. The highest BCUT2D eigenvalue weighted by molar-refractivity contribution is 9.10. The molecule has 0 radical (unpaired) electrons. The predicted molar refractivity (Wildman–Crippen MR) is 301 cm³/mol. The van der Waals surface area contributed by atoms with Crippen LogP contribution < -0.4 is 0 Å². The molecule has 8 nitrogen and oxygen atoms in total. The number of allylic oxidation sites excluding steroid dienone is 1. The van der Waals surface area contributed by atoms with Crippen molar-refractivity contribution in [1.29, 1.82) is 0 Å². The van der Waals surface area contributed by atoms with Crippen LogP contribution in [0.4, 0.5) is 0 Å². The van der Waals surface area contributed by atoms with Crippen molar-refractivity contribution in [1.82, 2.24) is 19.6 Å². The molecule has 358 valence electrons. The van der Waals surface area contributed by atoms with Crippen LogP contribution in [-0.4, -0.2) is 71.4 Å². The van der Waals surface area contributed by atoms with E-state index in [1.165, 1.54) is 5.56 Å². The van der Waals surface area contributed by atoms with Crippen molar-refractivity contribution in [2.24, 2.45) is 0 Å². The van der Waals surface area contributed by atoms with Crippen molar-refractivity contribution in [3.63, 3.8) is 0 Å². The topological polar surface area (TPSA) is 81.2 Å². The summed E-state index contributed by atoms with van der Waals surface area (Å²) in [5, 5.41) is 0. The van der Waals surface area contributed by atoms with Gasteiger partial charge >= 0.3 is 0 Å². The molecule has 0 aliphatic carbocycles. The molecule has 0 N–H and O–H groups in total. The number of carbonyl (C=O) groups is 4. The number of nitrogens with zero attached hydrogens (tertiary/aromatic N) is 4. The van der Waals surface area contributed by atoms with Gasteiger partial charge in [-0.15, -0.1) is 0 Å². The van der Waals surface area contributed by atoms with Gasteiger partial charge in [-0.1, -0.05) is 208 Å². The lowest BCUT2D eigenvalue weighted by Crippen LogP contribution is -2.25. The van der Waals surface area contributed by atoms with Gasteiger partial charge in [-0.2, -0.15) is 0 Å². The molecular weight excluding hydrogens is 1020 g/mol. The van der Waals surface area contributed by atoms with Crippen LogP contribution in [0.25, 0.3) is 53.2 Å². The Labute approximate surface area is 438 Å². The van der Waals surface area contributed by atoms with E-state index in [1.54, 1.807) is 47.8 Å². The van der Waals surface area contributed by atoms with Crippen LogP contribution in [-0.2, 0) is 19.2 Å². The minimum atomic E-state index is -0.159. The summed E-state index contributed by atoms with van der Waals surface area (Å²) in [5.74, 6) is -0.626. The Morgan fingerprint density at radius 3 is 0.875 bits per heavy atom. The summed E-state index contributed by atoms with van der Waals surface area (Å²) in [6.45, 7) is 11.3. The summed E-state index contributed by atoms with van der Waals surface area (Å²) < 4.78 is 1.89. The van der Waals surface area contributed by atoms with Crippen LogP contribution in [0.2, 0.25) is 0 Å². The van der Waals surface area contributed by atoms with Crippen molar-refractivity contribution < 1.29 is 19.2 Å². The average molecular weight is 1080 g/mol. The number of halogens is 2. The van der Waals surface area contributed by atoms with Crippen LogP contribution in [0.15, 0.2) is 196 Å². The van der Waals surface area contributed by atoms with Gasteiger partial charge < -0.3 is 19.6 Å². The van der Waals surface area contributed by atoms with Crippen molar-refractivity contribution in [3.8, 4) is 0 Å². The van der Waals surface area contributed by atoms with Gasteiger partial charge in [0.05, 0.1) is 45.1 Å². The molecule has 0 atom stereocenters. The highest BCUT2D eigenvalue weighted by atomic mass is 79.9. The Morgan fingerprint density at radius 1 is 0.361 bits per heavy atom. The zero-order chi connectivity index (χ0) is 51.4. The number of aryl methyl sites for hydroxylation is 1. The first kappa shape index (κ1) is 50.5. The second-order valence-electron chi connectivity index (χ2n) is 17.4. The van der Waals surface area contributed by atoms with E-state index in [4.69, 9.17) is 0 Å². The van der Waals surface area contributed by atoms with E-state index in [2.05, 4.69) is 87.5 Å². The molecule has 0 saturated heterocycles. The molecule has 10 rings (SSSR count). The van der Waals surface area contributed by atoms with E-state index in [-0.39, 0.29) is 23.6 Å². The summed E-state index contributed by atoms with van der Waals surface area (Å²) in [4.78, 5) is 59.0. The second-order valence-corrected chi connectivity index (χ2v) is 19.3. The number of hydrogen-bond donors (Lipinski definition) is 0. The number of rotatable bonds is 9. The molecule has 6 aromatic carbocycles. The van der Waals surface area contributed by atoms with Crippen LogP contribution in [0.3, 0.4) is 0 Å². The molecule has 0 fully saturated rings. The maximum absolute atomic E-state index is 13.3. The molecule has 0 aromatic heterocycles. The van der Waals surface area contributed by atoms with Gasteiger partial charge in [0.15, 0.2) is 0 Å². The molecule has 4 aliphatic rings. The summed E-state index contributed by atoms with van der Waals surface area (Å²) in [7, 11) is 6.90. The highest BCUT2D eigenvalue weighted by Gasteiger charge is 2.48. The van der Waals surface area contributed by atoms with Crippen molar-refractivity contribution in [2.75, 3.05) is 28.2 Å². The van der Waals surface area contributed by atoms with Gasteiger partial charge in [-0.25, -0.2) is 0 Å². The Hall–Kier alpha value is -7.92. The second kappa shape index (κ2) is 21.6. The summed E-state index contributed by atoms with van der Waals surface area (Å²) in [5.41, 5.74) is 14.7. The fourth-order valence-corrected chi connectivity index (χ4v) is 9.49. The quantitative estimate of drug-likeness (QED) is 0.135. The Bertz CT molecular complexity index is 3230. The smallest absolute Gasteiger partial charge is 0.261 e. The van der Waals surface area contributed by atoms with E-state index in [0.717, 1.165) is 59.0 Å². The first-order valence-corrected chi connectivity index (χ1v) is 24.8. The van der Waals surface area contributed by atoms with Crippen molar-refractivity contribution in [2.45, 2.75) is 13.8 Å². The first-order valence-electron chi connectivity index (χ1n) is 23.2. The van der Waals surface area contributed by atoms with E-state index >= 15 is 0 Å². The third-order valence-electron chi connectivity index (χ3n) is 12.8. The number of fused-ring (bicyclic) bond motifs is 2. The maximum Gasteiger partial charge on any atom is 0.261 e. The third-order valence-corrected chi connectivity index (χ3v) is 13.8. The largest absolute Gasteiger partial charge is 0.310 e. The van der Waals surface area contributed by atoms with E-state index in [0.29, 0.717) is 45.1 Å². The fraction of sp³-hybridized carbons (Fsp3) is 0.0968. The molecule has 6 aromatic rings. The summed E-state index contributed by atoms with van der Waals surface area (Å²) in [6, 6.07) is 47.6. The fourth-order valence-electron chi connectivity index (χ4n) is 8.96. The Balaban J connectivity index is 0.000000167. The third kappa shape index (κ3) is 10.0. The molecule has 0 unspecified atom stereocenters. The van der Waals surface area contributed by atoms with Gasteiger partial charge in [0.25, 0.3) is 23.6 Å². The van der Waals surface area contributed by atoms with Crippen molar-refractivity contribution >= 4 is 109 Å². The van der Waals surface area contributed by atoms with Crippen LogP contribution in [0.1, 0.15) is 62.6 Å². The highest BCUT2D eigenvalue weighted by Crippen LogP contribution is 2.47. The molecule has 0 saturated carbocycles. The van der Waals surface area contributed by atoms with Gasteiger partial charge in [0.1, 0.15) is 0 Å². The number of carbonyl (C=O) groups excluding carboxylic acids is 4. The molecule has 0 bridgehead atoms. The van der Waals surface area contributed by atoms with E-state index < -0.39 is 0 Å². The average Bonchev–Trinajstić information content (AvgIpc) is 4.01. The van der Waals surface area contributed by atoms with E-state index in [1.807, 2.05) is 153 Å². The first-order chi connectivity index (χ1) is 34.6. The van der Waals surface area contributed by atoms with Crippen LogP contribution in [0.5, 0.6) is 0 Å². The molecular formula is C62H52Br2N4O4. The van der Waals surface area contributed by atoms with Gasteiger partial charge in [0.2, 0.25) is 0 Å². The number of likely N-dealkylation sites (N-methyl/N-ethyl adjacent to an activating group) is 4. The number of amides is 4. The molecule has 0 spiro atoms. The Kier molecular flexibility index (Phi) is 15.1.